The molecule has 0 aromatic heterocycles. The molecule has 0 heterocycles. The minimum absolute atomic E-state index is 0.0332. The van der Waals surface area contributed by atoms with E-state index in [1.54, 1.807) is 0 Å². The third-order valence-corrected chi connectivity index (χ3v) is 2.17. The number of aliphatic hydroxyl groups is 1. The third kappa shape index (κ3) is 7.33. The molecule has 0 rings (SSSR count). The van der Waals surface area contributed by atoms with Gasteiger partial charge >= 0.3 is 0 Å². The Balaban J connectivity index is 3.89. The summed E-state index contributed by atoms with van der Waals surface area (Å²) in [7, 11) is 0. The molecule has 0 aliphatic carbocycles. The molecular weight excluding hydrogens is 192 g/mol. The summed E-state index contributed by atoms with van der Waals surface area (Å²) in [5.74, 6) is 0.505. The lowest BCUT2D eigenvalue weighted by atomic mass is 10.2. The summed E-state index contributed by atoms with van der Waals surface area (Å²) in [4.78, 5) is 13.5. The lowest BCUT2D eigenvalue weighted by molar-refractivity contribution is -0.122. The maximum atomic E-state index is 11.5. The molecule has 0 spiro atoms. The first-order chi connectivity index (χ1) is 6.97. The highest BCUT2D eigenvalue weighted by molar-refractivity contribution is 5.78. The molecule has 0 aliphatic heterocycles. The SMILES string of the molecule is CC(C)CNC(=O)CN(CCO)C(C)C. The molecule has 4 heteroatoms. The first-order valence-corrected chi connectivity index (χ1v) is 5.59. The van der Waals surface area contributed by atoms with E-state index in [1.807, 2.05) is 18.7 Å². The fraction of sp³-hybridized carbons (Fsp3) is 0.909. The first kappa shape index (κ1) is 14.4. The van der Waals surface area contributed by atoms with Crippen LogP contribution in [0.1, 0.15) is 27.7 Å². The van der Waals surface area contributed by atoms with Gasteiger partial charge in [-0.3, -0.25) is 9.69 Å². The zero-order chi connectivity index (χ0) is 11.8. The molecule has 0 radical (unpaired) electrons. The highest BCUT2D eigenvalue weighted by Gasteiger charge is 2.13. The van der Waals surface area contributed by atoms with Gasteiger partial charge in [-0.2, -0.15) is 0 Å². The molecule has 0 fully saturated rings. The number of hydrogen-bond donors (Lipinski definition) is 2. The van der Waals surface area contributed by atoms with Crippen molar-refractivity contribution < 1.29 is 9.90 Å². The number of rotatable bonds is 7. The Morgan fingerprint density at radius 3 is 2.33 bits per heavy atom. The van der Waals surface area contributed by atoms with Crippen LogP contribution in [-0.4, -0.2) is 48.2 Å². The standard InChI is InChI=1S/C11H24N2O2/c1-9(2)7-12-11(15)8-13(5-6-14)10(3)4/h9-10,14H,5-8H2,1-4H3,(H,12,15). The Morgan fingerprint density at radius 1 is 1.33 bits per heavy atom. The van der Waals surface area contributed by atoms with Crippen LogP contribution in [0.4, 0.5) is 0 Å². The van der Waals surface area contributed by atoms with Crippen molar-refractivity contribution in [3.8, 4) is 0 Å². The van der Waals surface area contributed by atoms with Crippen LogP contribution in [0.15, 0.2) is 0 Å². The first-order valence-electron chi connectivity index (χ1n) is 5.59. The molecule has 0 saturated carbocycles. The molecule has 4 nitrogen and oxygen atoms in total. The lowest BCUT2D eigenvalue weighted by Gasteiger charge is -2.24. The molecular formula is C11H24N2O2. The highest BCUT2D eigenvalue weighted by Crippen LogP contribution is 1.96. The van der Waals surface area contributed by atoms with Gasteiger partial charge in [0.25, 0.3) is 0 Å². The second-order valence-electron chi connectivity index (χ2n) is 4.49. The maximum absolute atomic E-state index is 11.5. The molecule has 0 atom stereocenters. The fourth-order valence-electron chi connectivity index (χ4n) is 1.21. The van der Waals surface area contributed by atoms with Gasteiger partial charge in [-0.05, 0) is 19.8 Å². The van der Waals surface area contributed by atoms with Crippen molar-refractivity contribution >= 4 is 5.91 Å². The normalized spacial score (nSPS) is 11.5. The molecule has 0 aromatic carbocycles. The Bertz CT molecular complexity index is 181. The number of carbonyl (C=O) groups excluding carboxylic acids is 1. The van der Waals surface area contributed by atoms with Gasteiger partial charge in [0.1, 0.15) is 0 Å². The van der Waals surface area contributed by atoms with Crippen LogP contribution >= 0.6 is 0 Å². The largest absolute Gasteiger partial charge is 0.395 e. The molecule has 0 bridgehead atoms. The summed E-state index contributed by atoms with van der Waals surface area (Å²) in [6.45, 7) is 9.89. The van der Waals surface area contributed by atoms with Crippen LogP contribution in [0, 0.1) is 5.92 Å². The number of nitrogens with one attached hydrogen (secondary N) is 1. The van der Waals surface area contributed by atoms with Crippen molar-refractivity contribution in [2.45, 2.75) is 33.7 Å². The van der Waals surface area contributed by atoms with Crippen molar-refractivity contribution in [1.29, 1.82) is 0 Å². The fourth-order valence-corrected chi connectivity index (χ4v) is 1.21. The van der Waals surface area contributed by atoms with E-state index in [4.69, 9.17) is 5.11 Å². The van der Waals surface area contributed by atoms with Gasteiger partial charge in [0.15, 0.2) is 0 Å². The van der Waals surface area contributed by atoms with Crippen LogP contribution in [0.25, 0.3) is 0 Å². The van der Waals surface area contributed by atoms with E-state index in [2.05, 4.69) is 19.2 Å². The van der Waals surface area contributed by atoms with Crippen LogP contribution in [0.3, 0.4) is 0 Å². The average molecular weight is 216 g/mol. The number of aliphatic hydroxyl groups excluding tert-OH is 1. The molecule has 0 aliphatic rings. The number of amides is 1. The van der Waals surface area contributed by atoms with E-state index in [9.17, 15) is 4.79 Å². The van der Waals surface area contributed by atoms with Crippen LogP contribution in [-0.2, 0) is 4.79 Å². The van der Waals surface area contributed by atoms with Crippen molar-refractivity contribution in [3.63, 3.8) is 0 Å². The van der Waals surface area contributed by atoms with Crippen molar-refractivity contribution in [1.82, 2.24) is 10.2 Å². The molecule has 1 amide bonds. The van der Waals surface area contributed by atoms with Crippen molar-refractivity contribution in [2.75, 3.05) is 26.2 Å². The van der Waals surface area contributed by atoms with Gasteiger partial charge in [0.05, 0.1) is 13.2 Å². The number of nitrogens with zero attached hydrogens (tertiary/aromatic N) is 1. The zero-order valence-corrected chi connectivity index (χ0v) is 10.3. The minimum Gasteiger partial charge on any atom is -0.395 e. The van der Waals surface area contributed by atoms with Gasteiger partial charge in [-0.25, -0.2) is 0 Å². The Hall–Kier alpha value is -0.610. The smallest absolute Gasteiger partial charge is 0.234 e. The second kappa shape index (κ2) is 7.65. The summed E-state index contributed by atoms with van der Waals surface area (Å²) in [6, 6.07) is 0.280. The predicted molar refractivity (Wildman–Crippen MR) is 61.6 cm³/mol. The lowest BCUT2D eigenvalue weighted by Crippen LogP contribution is -2.42. The van der Waals surface area contributed by atoms with E-state index in [0.717, 1.165) is 0 Å². The predicted octanol–water partition coefficient (Wildman–Crippen LogP) is 0.461. The van der Waals surface area contributed by atoms with Crippen LogP contribution in [0.5, 0.6) is 0 Å². The quantitative estimate of drug-likeness (QED) is 0.650. The topological polar surface area (TPSA) is 52.6 Å². The van der Waals surface area contributed by atoms with Gasteiger partial charge in [-0.15, -0.1) is 0 Å². The van der Waals surface area contributed by atoms with Crippen LogP contribution in [0.2, 0.25) is 0 Å². The average Bonchev–Trinajstić information content (AvgIpc) is 2.14. The van der Waals surface area contributed by atoms with E-state index < -0.39 is 0 Å². The van der Waals surface area contributed by atoms with Crippen LogP contribution < -0.4 is 5.32 Å². The maximum Gasteiger partial charge on any atom is 0.234 e. The van der Waals surface area contributed by atoms with Gasteiger partial charge < -0.3 is 10.4 Å². The summed E-state index contributed by atoms with van der Waals surface area (Å²) in [5.41, 5.74) is 0. The number of carbonyl (C=O) groups is 1. The molecule has 0 aromatic rings. The van der Waals surface area contributed by atoms with Gasteiger partial charge in [-0.1, -0.05) is 13.8 Å². The number of hydrogen-bond acceptors (Lipinski definition) is 3. The Morgan fingerprint density at radius 2 is 1.93 bits per heavy atom. The summed E-state index contributed by atoms with van der Waals surface area (Å²) >= 11 is 0. The molecule has 2 N–H and O–H groups in total. The summed E-state index contributed by atoms with van der Waals surface area (Å²) in [6.07, 6.45) is 0. The highest BCUT2D eigenvalue weighted by atomic mass is 16.3. The second-order valence-corrected chi connectivity index (χ2v) is 4.49. The van der Waals surface area contributed by atoms with E-state index >= 15 is 0 Å². The monoisotopic (exact) mass is 216 g/mol. The molecule has 0 unspecified atom stereocenters. The van der Waals surface area contributed by atoms with Crippen molar-refractivity contribution in [3.05, 3.63) is 0 Å². The van der Waals surface area contributed by atoms with E-state index in [0.29, 0.717) is 25.6 Å². The van der Waals surface area contributed by atoms with Gasteiger partial charge in [0.2, 0.25) is 5.91 Å². The van der Waals surface area contributed by atoms with Crippen molar-refractivity contribution in [2.24, 2.45) is 5.92 Å². The molecule has 0 saturated heterocycles. The minimum atomic E-state index is 0.0332. The Labute approximate surface area is 92.7 Å². The Kier molecular flexibility index (Phi) is 7.34. The molecule has 15 heavy (non-hydrogen) atoms. The van der Waals surface area contributed by atoms with E-state index in [-0.39, 0.29) is 18.6 Å². The van der Waals surface area contributed by atoms with E-state index in [1.165, 1.54) is 0 Å². The molecule has 90 valence electrons. The summed E-state index contributed by atoms with van der Waals surface area (Å²) in [5, 5.41) is 11.7. The summed E-state index contributed by atoms with van der Waals surface area (Å²) < 4.78 is 0. The van der Waals surface area contributed by atoms with Gasteiger partial charge in [0, 0.05) is 19.1 Å². The zero-order valence-electron chi connectivity index (χ0n) is 10.3. The third-order valence-electron chi connectivity index (χ3n) is 2.17.